The summed E-state index contributed by atoms with van der Waals surface area (Å²) in [4.78, 5) is 14.2. The number of hydrogen-bond donors (Lipinski definition) is 2. The third-order valence-corrected chi connectivity index (χ3v) is 3.65. The van der Waals surface area contributed by atoms with Crippen molar-refractivity contribution in [3.8, 4) is 0 Å². The van der Waals surface area contributed by atoms with Crippen molar-refractivity contribution >= 4 is 5.91 Å². The lowest BCUT2D eigenvalue weighted by Crippen LogP contribution is -2.45. The second-order valence-electron chi connectivity index (χ2n) is 4.90. The van der Waals surface area contributed by atoms with Gasteiger partial charge >= 0.3 is 0 Å². The van der Waals surface area contributed by atoms with Gasteiger partial charge in [0, 0.05) is 25.7 Å². The Morgan fingerprint density at radius 1 is 1.35 bits per heavy atom. The van der Waals surface area contributed by atoms with Crippen LogP contribution in [0.4, 0.5) is 0 Å². The summed E-state index contributed by atoms with van der Waals surface area (Å²) in [6.07, 6.45) is 2.12. The molecule has 1 saturated heterocycles. The minimum atomic E-state index is 0.169. The van der Waals surface area contributed by atoms with Gasteiger partial charge in [-0.05, 0) is 32.9 Å². The quantitative estimate of drug-likeness (QED) is 0.724. The number of likely N-dealkylation sites (N-methyl/N-ethyl adjacent to an activating group) is 1. The van der Waals surface area contributed by atoms with Crippen LogP contribution in [0.3, 0.4) is 0 Å². The van der Waals surface area contributed by atoms with Crippen molar-refractivity contribution in [1.82, 2.24) is 15.5 Å². The molecule has 1 fully saturated rings. The van der Waals surface area contributed by atoms with Gasteiger partial charge in [0.05, 0.1) is 5.92 Å². The molecular weight excluding hydrogens is 214 g/mol. The van der Waals surface area contributed by atoms with Crippen LogP contribution >= 0.6 is 0 Å². The molecule has 1 aliphatic heterocycles. The zero-order chi connectivity index (χ0) is 12.7. The van der Waals surface area contributed by atoms with Crippen LogP contribution in [0.2, 0.25) is 0 Å². The van der Waals surface area contributed by atoms with Crippen molar-refractivity contribution in [3.05, 3.63) is 0 Å². The summed E-state index contributed by atoms with van der Waals surface area (Å²) in [6, 6.07) is 0.565. The fourth-order valence-corrected chi connectivity index (χ4v) is 2.24. The van der Waals surface area contributed by atoms with Gasteiger partial charge in [-0.1, -0.05) is 13.8 Å². The molecule has 4 heteroatoms. The minimum absolute atomic E-state index is 0.169. The number of nitrogens with one attached hydrogen (secondary N) is 2. The van der Waals surface area contributed by atoms with Crippen LogP contribution < -0.4 is 10.6 Å². The average molecular weight is 241 g/mol. The van der Waals surface area contributed by atoms with Gasteiger partial charge in [-0.15, -0.1) is 0 Å². The highest BCUT2D eigenvalue weighted by Crippen LogP contribution is 2.13. The van der Waals surface area contributed by atoms with Crippen molar-refractivity contribution in [2.24, 2.45) is 5.92 Å². The Morgan fingerprint density at radius 3 is 2.59 bits per heavy atom. The van der Waals surface area contributed by atoms with Crippen molar-refractivity contribution in [2.45, 2.75) is 39.7 Å². The van der Waals surface area contributed by atoms with E-state index in [9.17, 15) is 4.79 Å². The van der Waals surface area contributed by atoms with E-state index < -0.39 is 0 Å². The first kappa shape index (κ1) is 14.5. The Morgan fingerprint density at radius 2 is 2.06 bits per heavy atom. The van der Waals surface area contributed by atoms with Gasteiger partial charge in [-0.3, -0.25) is 4.79 Å². The highest BCUT2D eigenvalue weighted by atomic mass is 16.1. The molecule has 2 unspecified atom stereocenters. The van der Waals surface area contributed by atoms with Crippen LogP contribution in [-0.2, 0) is 4.79 Å². The number of amides is 1. The van der Waals surface area contributed by atoms with Crippen LogP contribution in [0.25, 0.3) is 0 Å². The summed E-state index contributed by atoms with van der Waals surface area (Å²) in [5, 5.41) is 6.41. The zero-order valence-corrected chi connectivity index (χ0v) is 11.5. The van der Waals surface area contributed by atoms with E-state index in [0.717, 1.165) is 45.6 Å². The zero-order valence-electron chi connectivity index (χ0n) is 11.5. The van der Waals surface area contributed by atoms with E-state index in [4.69, 9.17) is 0 Å². The van der Waals surface area contributed by atoms with Crippen LogP contribution in [0.1, 0.15) is 33.6 Å². The molecule has 0 bridgehead atoms. The number of rotatable bonds is 6. The Bertz CT molecular complexity index is 221. The van der Waals surface area contributed by atoms with Crippen LogP contribution in [-0.4, -0.2) is 49.6 Å². The van der Waals surface area contributed by atoms with E-state index >= 15 is 0 Å². The monoisotopic (exact) mass is 241 g/mol. The molecule has 1 amide bonds. The van der Waals surface area contributed by atoms with Gasteiger partial charge in [-0.2, -0.15) is 0 Å². The first-order valence-electron chi connectivity index (χ1n) is 6.90. The predicted molar refractivity (Wildman–Crippen MR) is 71.0 cm³/mol. The fraction of sp³-hybridized carbons (Fsp3) is 0.923. The van der Waals surface area contributed by atoms with Crippen LogP contribution in [0, 0.1) is 5.92 Å². The third-order valence-electron chi connectivity index (χ3n) is 3.65. The van der Waals surface area contributed by atoms with E-state index in [-0.39, 0.29) is 11.8 Å². The second kappa shape index (κ2) is 7.67. The normalized spacial score (nSPS) is 24.9. The summed E-state index contributed by atoms with van der Waals surface area (Å²) in [7, 11) is 0. The molecule has 1 heterocycles. The van der Waals surface area contributed by atoms with E-state index in [1.165, 1.54) is 0 Å². The number of nitrogens with zero attached hydrogens (tertiary/aromatic N) is 1. The first-order valence-corrected chi connectivity index (χ1v) is 6.90. The van der Waals surface area contributed by atoms with Gasteiger partial charge in [0.1, 0.15) is 0 Å². The third kappa shape index (κ3) is 5.04. The SMILES string of the molecule is CCN(CC)CCNC(=O)C1CCC(C)NC1. The Labute approximate surface area is 105 Å². The Kier molecular flexibility index (Phi) is 6.52. The number of piperidine rings is 1. The van der Waals surface area contributed by atoms with Gasteiger partial charge in [0.15, 0.2) is 0 Å². The molecule has 0 saturated carbocycles. The second-order valence-corrected chi connectivity index (χ2v) is 4.90. The molecule has 1 aliphatic rings. The molecule has 0 spiro atoms. The molecule has 4 nitrogen and oxygen atoms in total. The molecule has 17 heavy (non-hydrogen) atoms. The highest BCUT2D eigenvalue weighted by molar-refractivity contribution is 5.78. The van der Waals surface area contributed by atoms with Gasteiger partial charge in [0.2, 0.25) is 5.91 Å². The van der Waals surface area contributed by atoms with Crippen molar-refractivity contribution in [2.75, 3.05) is 32.7 Å². The molecule has 0 aromatic rings. The van der Waals surface area contributed by atoms with Crippen molar-refractivity contribution < 1.29 is 4.79 Å². The maximum absolute atomic E-state index is 11.9. The highest BCUT2D eigenvalue weighted by Gasteiger charge is 2.23. The maximum Gasteiger partial charge on any atom is 0.224 e. The molecule has 0 aromatic heterocycles. The average Bonchev–Trinajstić information content (AvgIpc) is 2.35. The van der Waals surface area contributed by atoms with Crippen LogP contribution in [0.15, 0.2) is 0 Å². The number of carbonyl (C=O) groups excluding carboxylic acids is 1. The molecule has 0 aliphatic carbocycles. The van der Waals surface area contributed by atoms with Crippen molar-refractivity contribution in [1.29, 1.82) is 0 Å². The fourth-order valence-electron chi connectivity index (χ4n) is 2.24. The first-order chi connectivity index (χ1) is 8.17. The summed E-state index contributed by atoms with van der Waals surface area (Å²) >= 11 is 0. The van der Waals surface area contributed by atoms with Crippen LogP contribution in [0.5, 0.6) is 0 Å². The Balaban J connectivity index is 2.16. The summed E-state index contributed by atoms with van der Waals surface area (Å²) in [5.74, 6) is 0.388. The summed E-state index contributed by atoms with van der Waals surface area (Å²) < 4.78 is 0. The van der Waals surface area contributed by atoms with Gasteiger partial charge in [0.25, 0.3) is 0 Å². The van der Waals surface area contributed by atoms with Gasteiger partial charge < -0.3 is 15.5 Å². The van der Waals surface area contributed by atoms with Gasteiger partial charge in [-0.25, -0.2) is 0 Å². The molecule has 2 N–H and O–H groups in total. The topological polar surface area (TPSA) is 44.4 Å². The van der Waals surface area contributed by atoms with E-state index in [0.29, 0.717) is 6.04 Å². The number of carbonyl (C=O) groups is 1. The number of hydrogen-bond acceptors (Lipinski definition) is 3. The molecule has 100 valence electrons. The molecule has 0 aromatic carbocycles. The lowest BCUT2D eigenvalue weighted by Gasteiger charge is -2.27. The molecular formula is C13H27N3O. The van der Waals surface area contributed by atoms with E-state index in [1.54, 1.807) is 0 Å². The lowest BCUT2D eigenvalue weighted by atomic mass is 9.95. The molecule has 2 atom stereocenters. The predicted octanol–water partition coefficient (Wildman–Crippen LogP) is 0.833. The van der Waals surface area contributed by atoms with Crippen molar-refractivity contribution in [3.63, 3.8) is 0 Å². The molecule has 1 rings (SSSR count). The van der Waals surface area contributed by atoms with E-state index in [1.807, 2.05) is 0 Å². The smallest absolute Gasteiger partial charge is 0.224 e. The standard InChI is InChI=1S/C13H27N3O/c1-4-16(5-2)9-8-14-13(17)12-7-6-11(3)15-10-12/h11-12,15H,4-10H2,1-3H3,(H,14,17). The molecule has 0 radical (unpaired) electrons. The Hall–Kier alpha value is -0.610. The largest absolute Gasteiger partial charge is 0.355 e. The minimum Gasteiger partial charge on any atom is -0.355 e. The summed E-state index contributed by atoms with van der Waals surface area (Å²) in [6.45, 7) is 11.1. The maximum atomic E-state index is 11.9. The summed E-state index contributed by atoms with van der Waals surface area (Å²) in [5.41, 5.74) is 0. The lowest BCUT2D eigenvalue weighted by molar-refractivity contribution is -0.125. The van der Waals surface area contributed by atoms with E-state index in [2.05, 4.69) is 36.3 Å².